The molecule has 1 N–H and O–H groups in total. The summed E-state index contributed by atoms with van der Waals surface area (Å²) in [6.07, 6.45) is 13.3. The molecule has 4 aliphatic carbocycles. The Labute approximate surface area is 149 Å². The number of fused-ring (bicyclic) bond motifs is 5. The van der Waals surface area contributed by atoms with Gasteiger partial charge < -0.3 is 5.11 Å². The van der Waals surface area contributed by atoms with E-state index in [-0.39, 0.29) is 6.10 Å². The molecule has 6 unspecified atom stereocenters. The molecule has 0 radical (unpaired) electrons. The Kier molecular flexibility index (Phi) is 3.44. The molecule has 3 saturated carbocycles. The van der Waals surface area contributed by atoms with Crippen molar-refractivity contribution in [3.05, 3.63) is 18.0 Å². The van der Waals surface area contributed by atoms with E-state index in [2.05, 4.69) is 35.3 Å². The lowest BCUT2D eigenvalue weighted by atomic mass is 9.48. The molecule has 0 saturated heterocycles. The zero-order valence-corrected chi connectivity index (χ0v) is 15.4. The van der Waals surface area contributed by atoms with Gasteiger partial charge in [0.05, 0.1) is 12.1 Å². The van der Waals surface area contributed by atoms with Crippen LogP contribution < -0.4 is 0 Å². The Balaban J connectivity index is 1.47. The molecule has 1 aromatic heterocycles. The van der Waals surface area contributed by atoms with Crippen LogP contribution in [0.2, 0.25) is 0 Å². The van der Waals surface area contributed by atoms with Crippen molar-refractivity contribution in [1.29, 1.82) is 0 Å². The smallest absolute Gasteiger partial charge is 0.162 e. The van der Waals surface area contributed by atoms with Gasteiger partial charge in [0.2, 0.25) is 0 Å². The van der Waals surface area contributed by atoms with E-state index in [0.717, 1.165) is 30.6 Å². The molecular formula is C20H30N4O. The van der Waals surface area contributed by atoms with Crippen molar-refractivity contribution < 1.29 is 5.11 Å². The van der Waals surface area contributed by atoms with Gasteiger partial charge in [0.1, 0.15) is 0 Å². The van der Waals surface area contributed by atoms with Gasteiger partial charge >= 0.3 is 0 Å². The Morgan fingerprint density at radius 2 is 2.00 bits per heavy atom. The molecule has 3 fully saturated rings. The van der Waals surface area contributed by atoms with Crippen LogP contribution >= 0.6 is 0 Å². The molecule has 1 aromatic rings. The van der Waals surface area contributed by atoms with E-state index < -0.39 is 0 Å². The average Bonchev–Trinajstić information content (AvgIpc) is 3.22. The molecule has 0 bridgehead atoms. The molecule has 1 heterocycles. The van der Waals surface area contributed by atoms with Crippen LogP contribution in [0.4, 0.5) is 0 Å². The predicted octanol–water partition coefficient (Wildman–Crippen LogP) is 3.54. The van der Waals surface area contributed by atoms with E-state index in [9.17, 15) is 5.11 Å². The van der Waals surface area contributed by atoms with Crippen LogP contribution in [0.3, 0.4) is 0 Å². The van der Waals surface area contributed by atoms with Gasteiger partial charge in [0.15, 0.2) is 6.33 Å². The number of aromatic nitrogens is 4. The van der Waals surface area contributed by atoms with Crippen LogP contribution in [0.5, 0.6) is 0 Å². The highest BCUT2D eigenvalue weighted by Crippen LogP contribution is 2.66. The van der Waals surface area contributed by atoms with Gasteiger partial charge in [-0.3, -0.25) is 0 Å². The highest BCUT2D eigenvalue weighted by atomic mass is 16.3. The summed E-state index contributed by atoms with van der Waals surface area (Å²) in [5, 5.41) is 22.7. The number of aliphatic hydroxyl groups excluding tert-OH is 1. The summed E-state index contributed by atoms with van der Waals surface area (Å²) in [6.45, 7) is 4.98. The number of allylic oxidation sites excluding steroid dienone is 1. The SMILES string of the molecule is CC12CC[C@H](O)CC1=CCC1C2CCC2(C)C1CCC2n1ncnn1. The summed E-state index contributed by atoms with van der Waals surface area (Å²) >= 11 is 0. The Morgan fingerprint density at radius 3 is 2.80 bits per heavy atom. The van der Waals surface area contributed by atoms with Crippen LogP contribution in [0.15, 0.2) is 18.0 Å². The van der Waals surface area contributed by atoms with E-state index in [4.69, 9.17) is 0 Å². The third-order valence-corrected chi connectivity index (χ3v) is 8.67. The van der Waals surface area contributed by atoms with Crippen LogP contribution in [0.1, 0.15) is 71.3 Å². The van der Waals surface area contributed by atoms with Gasteiger partial charge in [-0.15, -0.1) is 10.2 Å². The Morgan fingerprint density at radius 1 is 1.12 bits per heavy atom. The number of hydrogen-bond donors (Lipinski definition) is 1. The maximum atomic E-state index is 10.1. The normalized spacial score (nSPS) is 49.1. The first-order valence-electron chi connectivity index (χ1n) is 10.1. The number of rotatable bonds is 1. The lowest BCUT2D eigenvalue weighted by Gasteiger charge is -2.57. The molecule has 5 rings (SSSR count). The minimum Gasteiger partial charge on any atom is -0.393 e. The second-order valence-electron chi connectivity index (χ2n) is 9.55. The van der Waals surface area contributed by atoms with Gasteiger partial charge in [-0.1, -0.05) is 25.5 Å². The van der Waals surface area contributed by atoms with Gasteiger partial charge in [0.25, 0.3) is 0 Å². The van der Waals surface area contributed by atoms with Gasteiger partial charge in [-0.05, 0) is 85.2 Å². The standard InChI is InChI=1S/C20H30N4O/c1-19-9-7-14(25)11-13(19)3-4-15-16-5-6-18(24-22-12-21-23-24)20(16,2)10-8-17(15)19/h3,12,14-18,25H,4-11H2,1-2H3/t14-,15?,16?,17?,18?,19?,20?/m0/s1. The van der Waals surface area contributed by atoms with Crippen molar-refractivity contribution in [2.75, 3.05) is 0 Å². The first kappa shape index (κ1) is 16.0. The monoisotopic (exact) mass is 342 g/mol. The summed E-state index contributed by atoms with van der Waals surface area (Å²) in [5.41, 5.74) is 2.19. The Hall–Kier alpha value is -1.23. The van der Waals surface area contributed by atoms with Crippen molar-refractivity contribution in [3.8, 4) is 0 Å². The van der Waals surface area contributed by atoms with Gasteiger partial charge in [0, 0.05) is 0 Å². The van der Waals surface area contributed by atoms with Crippen LogP contribution in [-0.4, -0.2) is 31.4 Å². The molecular weight excluding hydrogens is 312 g/mol. The lowest BCUT2D eigenvalue weighted by molar-refractivity contribution is -0.0504. The fraction of sp³-hybridized carbons (Fsp3) is 0.850. The predicted molar refractivity (Wildman–Crippen MR) is 94.6 cm³/mol. The molecule has 5 nitrogen and oxygen atoms in total. The van der Waals surface area contributed by atoms with Gasteiger partial charge in [-0.2, -0.15) is 4.80 Å². The first-order chi connectivity index (χ1) is 12.0. The summed E-state index contributed by atoms with van der Waals surface area (Å²) in [7, 11) is 0. The van der Waals surface area contributed by atoms with Crippen molar-refractivity contribution in [2.45, 2.75) is 77.4 Å². The lowest BCUT2D eigenvalue weighted by Crippen LogP contribution is -2.50. The fourth-order valence-corrected chi connectivity index (χ4v) is 7.31. The summed E-state index contributed by atoms with van der Waals surface area (Å²) < 4.78 is 0. The molecule has 0 amide bonds. The summed E-state index contributed by atoms with van der Waals surface area (Å²) in [4.78, 5) is 1.89. The van der Waals surface area contributed by atoms with E-state index in [1.165, 1.54) is 38.5 Å². The molecule has 25 heavy (non-hydrogen) atoms. The van der Waals surface area contributed by atoms with E-state index in [1.807, 2.05) is 4.80 Å². The molecule has 7 atom stereocenters. The third-order valence-electron chi connectivity index (χ3n) is 8.67. The van der Waals surface area contributed by atoms with E-state index in [0.29, 0.717) is 16.9 Å². The number of aliphatic hydroxyl groups is 1. The zero-order chi connectivity index (χ0) is 17.2. The van der Waals surface area contributed by atoms with Crippen molar-refractivity contribution in [1.82, 2.24) is 20.2 Å². The maximum absolute atomic E-state index is 10.1. The maximum Gasteiger partial charge on any atom is 0.162 e. The van der Waals surface area contributed by atoms with Gasteiger partial charge in [-0.25, -0.2) is 0 Å². The molecule has 5 heteroatoms. The van der Waals surface area contributed by atoms with Crippen molar-refractivity contribution in [2.24, 2.45) is 28.6 Å². The largest absolute Gasteiger partial charge is 0.393 e. The van der Waals surface area contributed by atoms with Crippen LogP contribution in [-0.2, 0) is 0 Å². The average molecular weight is 342 g/mol. The quantitative estimate of drug-likeness (QED) is 0.793. The highest BCUT2D eigenvalue weighted by Gasteiger charge is 2.59. The molecule has 0 aliphatic heterocycles. The van der Waals surface area contributed by atoms with Crippen molar-refractivity contribution >= 4 is 0 Å². The molecule has 0 spiro atoms. The molecule has 0 aromatic carbocycles. The summed E-state index contributed by atoms with van der Waals surface area (Å²) in [6, 6.07) is 0.410. The second-order valence-corrected chi connectivity index (χ2v) is 9.55. The van der Waals surface area contributed by atoms with E-state index in [1.54, 1.807) is 11.9 Å². The zero-order valence-electron chi connectivity index (χ0n) is 15.4. The Bertz CT molecular complexity index is 686. The molecule has 4 aliphatic rings. The highest BCUT2D eigenvalue weighted by molar-refractivity contribution is 5.25. The first-order valence-corrected chi connectivity index (χ1v) is 10.1. The number of nitrogens with zero attached hydrogens (tertiary/aromatic N) is 4. The number of tetrazole rings is 1. The van der Waals surface area contributed by atoms with Crippen LogP contribution in [0.25, 0.3) is 0 Å². The van der Waals surface area contributed by atoms with E-state index >= 15 is 0 Å². The topological polar surface area (TPSA) is 63.8 Å². The fourth-order valence-electron chi connectivity index (χ4n) is 7.31. The summed E-state index contributed by atoms with van der Waals surface area (Å²) in [5.74, 6) is 2.35. The van der Waals surface area contributed by atoms with Crippen molar-refractivity contribution in [3.63, 3.8) is 0 Å². The minimum atomic E-state index is -0.112. The number of hydrogen-bond acceptors (Lipinski definition) is 4. The van der Waals surface area contributed by atoms with Crippen LogP contribution in [0, 0.1) is 28.6 Å². The minimum absolute atomic E-state index is 0.112. The third kappa shape index (κ3) is 2.14. The molecule has 136 valence electrons. The second kappa shape index (κ2) is 5.38.